The topological polar surface area (TPSA) is 125 Å². The molecule has 0 aliphatic heterocycles. The molecule has 8 nitrogen and oxygen atoms in total. The number of Topliss-reactive ketones (excluding diaryl/α,β-unsaturated/α-hetero) is 1. The minimum absolute atomic E-state index is 0.0379. The fourth-order valence-electron chi connectivity index (χ4n) is 2.13. The highest BCUT2D eigenvalue weighted by Gasteiger charge is 2.09. The molecule has 0 heterocycles. The lowest BCUT2D eigenvalue weighted by Gasteiger charge is -2.09. The summed E-state index contributed by atoms with van der Waals surface area (Å²) < 4.78 is 5.32. The van der Waals surface area contributed by atoms with Gasteiger partial charge in [0.25, 0.3) is 11.6 Å². The number of hydrogen-bond acceptors (Lipinski definition) is 6. The number of nitrogen functional groups attached to an aromatic ring is 1. The first-order valence-corrected chi connectivity index (χ1v) is 7.40. The molecule has 1 amide bonds. The average molecular weight is 343 g/mol. The Morgan fingerprint density at radius 1 is 1.24 bits per heavy atom. The van der Waals surface area contributed by atoms with Crippen molar-refractivity contribution in [1.29, 1.82) is 0 Å². The van der Waals surface area contributed by atoms with Gasteiger partial charge in [-0.2, -0.15) is 0 Å². The van der Waals surface area contributed by atoms with Crippen molar-refractivity contribution in [2.45, 2.75) is 13.5 Å². The first kappa shape index (κ1) is 17.9. The van der Waals surface area contributed by atoms with E-state index in [1.807, 2.05) is 0 Å². The van der Waals surface area contributed by atoms with Crippen molar-refractivity contribution in [2.24, 2.45) is 0 Å². The summed E-state index contributed by atoms with van der Waals surface area (Å²) in [7, 11) is 0. The van der Waals surface area contributed by atoms with E-state index in [1.54, 1.807) is 18.2 Å². The summed E-state index contributed by atoms with van der Waals surface area (Å²) in [6, 6.07) is 10.6. The molecule has 3 N–H and O–H groups in total. The Balaban J connectivity index is 1.87. The maximum atomic E-state index is 11.8. The predicted molar refractivity (Wildman–Crippen MR) is 91.3 cm³/mol. The molecule has 25 heavy (non-hydrogen) atoms. The van der Waals surface area contributed by atoms with E-state index < -0.39 is 4.92 Å². The number of nitrogens with zero attached hydrogens (tertiary/aromatic N) is 1. The van der Waals surface area contributed by atoms with Crippen LogP contribution in [-0.4, -0.2) is 23.2 Å². The third-order valence-corrected chi connectivity index (χ3v) is 3.38. The van der Waals surface area contributed by atoms with Crippen LogP contribution in [0, 0.1) is 10.1 Å². The molecule has 2 aromatic rings. The van der Waals surface area contributed by atoms with Gasteiger partial charge in [-0.15, -0.1) is 0 Å². The molecule has 0 aliphatic rings. The molecular weight excluding hydrogens is 326 g/mol. The highest BCUT2D eigenvalue weighted by Crippen LogP contribution is 2.20. The molecule has 8 heteroatoms. The van der Waals surface area contributed by atoms with E-state index in [4.69, 9.17) is 10.5 Å². The van der Waals surface area contributed by atoms with Gasteiger partial charge in [0.2, 0.25) is 0 Å². The molecule has 0 radical (unpaired) electrons. The number of carbonyl (C=O) groups is 2. The second-order valence-corrected chi connectivity index (χ2v) is 5.30. The van der Waals surface area contributed by atoms with E-state index in [0.29, 0.717) is 16.9 Å². The molecular formula is C17H17N3O5. The van der Waals surface area contributed by atoms with Gasteiger partial charge < -0.3 is 15.8 Å². The Kier molecular flexibility index (Phi) is 5.67. The second-order valence-electron chi connectivity index (χ2n) is 5.30. The number of nitrogens with one attached hydrogen (secondary N) is 1. The van der Waals surface area contributed by atoms with Crippen LogP contribution in [0.1, 0.15) is 22.8 Å². The highest BCUT2D eigenvalue weighted by molar-refractivity contribution is 5.99. The highest BCUT2D eigenvalue weighted by atomic mass is 16.6. The summed E-state index contributed by atoms with van der Waals surface area (Å²) in [6.07, 6.45) is 0. The van der Waals surface area contributed by atoms with Crippen molar-refractivity contribution in [3.05, 3.63) is 63.7 Å². The molecule has 0 aliphatic carbocycles. The lowest BCUT2D eigenvalue weighted by atomic mass is 10.1. The summed E-state index contributed by atoms with van der Waals surface area (Å²) >= 11 is 0. The van der Waals surface area contributed by atoms with Crippen molar-refractivity contribution in [3.8, 4) is 5.75 Å². The molecule has 0 aromatic heterocycles. The van der Waals surface area contributed by atoms with Crippen LogP contribution < -0.4 is 15.8 Å². The standard InChI is InChI=1S/C17H17N3O5/c1-11(21)15-6-5-14(8-16(15)18)25-10-17(22)19-9-12-3-2-4-13(7-12)20(23)24/h2-8H,9-10,18H2,1H3,(H,19,22). The molecule has 130 valence electrons. The van der Waals surface area contributed by atoms with Crippen LogP contribution in [0.4, 0.5) is 11.4 Å². The maximum absolute atomic E-state index is 11.8. The van der Waals surface area contributed by atoms with E-state index in [0.717, 1.165) is 0 Å². The summed E-state index contributed by atoms with van der Waals surface area (Å²) in [5.41, 5.74) is 6.99. The molecule has 0 atom stereocenters. The SMILES string of the molecule is CC(=O)c1ccc(OCC(=O)NCc2cccc([N+](=O)[O-])c2)cc1N. The van der Waals surface area contributed by atoms with E-state index in [9.17, 15) is 19.7 Å². The van der Waals surface area contributed by atoms with E-state index in [1.165, 1.54) is 31.2 Å². The third kappa shape index (κ3) is 5.03. The number of benzene rings is 2. The summed E-state index contributed by atoms with van der Waals surface area (Å²) in [5.74, 6) is -0.174. The maximum Gasteiger partial charge on any atom is 0.269 e. The van der Waals surface area contributed by atoms with Crippen LogP contribution in [0.2, 0.25) is 0 Å². The van der Waals surface area contributed by atoms with Crippen LogP contribution in [-0.2, 0) is 11.3 Å². The number of carbonyl (C=O) groups excluding carboxylic acids is 2. The van der Waals surface area contributed by atoms with Gasteiger partial charge in [-0.05, 0) is 24.6 Å². The van der Waals surface area contributed by atoms with Crippen molar-refractivity contribution in [3.63, 3.8) is 0 Å². The number of hydrogen-bond donors (Lipinski definition) is 2. The molecule has 2 aromatic carbocycles. The van der Waals surface area contributed by atoms with Gasteiger partial charge in [0, 0.05) is 36.0 Å². The van der Waals surface area contributed by atoms with Crippen molar-refractivity contribution in [1.82, 2.24) is 5.32 Å². The van der Waals surface area contributed by atoms with Crippen LogP contribution in [0.25, 0.3) is 0 Å². The monoisotopic (exact) mass is 343 g/mol. The van der Waals surface area contributed by atoms with Gasteiger partial charge in [-0.3, -0.25) is 19.7 Å². The lowest BCUT2D eigenvalue weighted by Crippen LogP contribution is -2.28. The Bertz CT molecular complexity index is 820. The predicted octanol–water partition coefficient (Wildman–Crippen LogP) is 2.07. The quantitative estimate of drug-likeness (QED) is 0.343. The Hall–Kier alpha value is -3.42. The molecule has 0 unspecified atom stereocenters. The zero-order chi connectivity index (χ0) is 18.4. The van der Waals surface area contributed by atoms with Crippen molar-refractivity contribution in [2.75, 3.05) is 12.3 Å². The first-order chi connectivity index (χ1) is 11.9. The lowest BCUT2D eigenvalue weighted by molar-refractivity contribution is -0.384. The third-order valence-electron chi connectivity index (χ3n) is 3.38. The van der Waals surface area contributed by atoms with E-state index in [2.05, 4.69) is 5.32 Å². The van der Waals surface area contributed by atoms with Gasteiger partial charge in [-0.1, -0.05) is 12.1 Å². The Morgan fingerprint density at radius 2 is 2.00 bits per heavy atom. The summed E-state index contributed by atoms with van der Waals surface area (Å²) in [6.45, 7) is 1.32. The Labute approximate surface area is 143 Å². The number of amides is 1. The van der Waals surface area contributed by atoms with Crippen LogP contribution in [0.5, 0.6) is 5.75 Å². The molecule has 2 rings (SSSR count). The molecule has 0 spiro atoms. The molecule has 0 saturated heterocycles. The number of non-ortho nitro benzene ring substituents is 1. The van der Waals surface area contributed by atoms with Crippen LogP contribution in [0.15, 0.2) is 42.5 Å². The summed E-state index contributed by atoms with van der Waals surface area (Å²) in [5, 5.41) is 13.3. The smallest absolute Gasteiger partial charge is 0.269 e. The number of ketones is 1. The number of nitro benzene ring substituents is 1. The van der Waals surface area contributed by atoms with Gasteiger partial charge in [0.1, 0.15) is 5.75 Å². The molecule has 0 bridgehead atoms. The minimum atomic E-state index is -0.496. The first-order valence-electron chi connectivity index (χ1n) is 7.40. The number of nitro groups is 1. The molecule has 0 saturated carbocycles. The van der Waals surface area contributed by atoms with E-state index in [-0.39, 0.29) is 36.2 Å². The van der Waals surface area contributed by atoms with Crippen molar-refractivity contribution >= 4 is 23.1 Å². The number of ether oxygens (including phenoxy) is 1. The minimum Gasteiger partial charge on any atom is -0.484 e. The van der Waals surface area contributed by atoms with Gasteiger partial charge >= 0.3 is 0 Å². The average Bonchev–Trinajstić information content (AvgIpc) is 2.58. The van der Waals surface area contributed by atoms with Gasteiger partial charge in [-0.25, -0.2) is 0 Å². The fraction of sp³-hybridized carbons (Fsp3) is 0.176. The normalized spacial score (nSPS) is 10.1. The largest absolute Gasteiger partial charge is 0.484 e. The van der Waals surface area contributed by atoms with Crippen LogP contribution >= 0.6 is 0 Å². The van der Waals surface area contributed by atoms with Crippen molar-refractivity contribution < 1.29 is 19.2 Å². The zero-order valence-electron chi connectivity index (χ0n) is 13.5. The Morgan fingerprint density at radius 3 is 2.64 bits per heavy atom. The van der Waals surface area contributed by atoms with Crippen LogP contribution in [0.3, 0.4) is 0 Å². The zero-order valence-corrected chi connectivity index (χ0v) is 13.5. The second kappa shape index (κ2) is 7.91. The number of anilines is 1. The molecule has 0 fully saturated rings. The van der Waals surface area contributed by atoms with E-state index >= 15 is 0 Å². The number of rotatable bonds is 7. The number of nitrogens with two attached hydrogens (primary N) is 1. The fourth-order valence-corrected chi connectivity index (χ4v) is 2.13. The van der Waals surface area contributed by atoms with Gasteiger partial charge in [0.05, 0.1) is 4.92 Å². The van der Waals surface area contributed by atoms with Gasteiger partial charge in [0.15, 0.2) is 12.4 Å². The summed E-state index contributed by atoms with van der Waals surface area (Å²) in [4.78, 5) is 33.3.